The number of carbonyl (C=O) groups is 1. The largest absolute Gasteiger partial charge is 0.272 e. The van der Waals surface area contributed by atoms with Crippen molar-refractivity contribution in [3.8, 4) is 0 Å². The van der Waals surface area contributed by atoms with Gasteiger partial charge in [0.2, 0.25) is 0 Å². The molecule has 0 spiro atoms. The van der Waals surface area contributed by atoms with E-state index < -0.39 is 0 Å². The van der Waals surface area contributed by atoms with Crippen molar-refractivity contribution in [3.63, 3.8) is 0 Å². The molecule has 1 aliphatic carbocycles. The van der Waals surface area contributed by atoms with Crippen LogP contribution in [0.4, 0.5) is 0 Å². The Labute approximate surface area is 71.0 Å². The third kappa shape index (κ3) is 1.05. The maximum Gasteiger partial charge on any atom is 0.257 e. The molecule has 0 aromatic heterocycles. The Bertz CT molecular complexity index is 345. The third-order valence-corrected chi connectivity index (χ3v) is 2.06. The minimum Gasteiger partial charge on any atom is -0.272 e. The van der Waals surface area contributed by atoms with Gasteiger partial charge in [-0.05, 0) is 18.6 Å². The molecule has 0 saturated carbocycles. The van der Waals surface area contributed by atoms with E-state index in [4.69, 9.17) is 0 Å². The molecule has 0 radical (unpaired) electrons. The van der Waals surface area contributed by atoms with Crippen LogP contribution in [-0.2, 0) is 4.79 Å². The van der Waals surface area contributed by atoms with Crippen LogP contribution < -0.4 is 0 Å². The molecule has 1 aliphatic heterocycles. The van der Waals surface area contributed by atoms with Gasteiger partial charge in [0, 0.05) is 6.21 Å². The molecule has 1 amide bonds. The van der Waals surface area contributed by atoms with Crippen LogP contribution in [0.3, 0.4) is 0 Å². The number of aliphatic imine (C=N–C) groups is 1. The molecule has 2 nitrogen and oxygen atoms in total. The van der Waals surface area contributed by atoms with E-state index in [-0.39, 0.29) is 11.8 Å². The lowest BCUT2D eigenvalue weighted by atomic mass is 9.89. The minimum absolute atomic E-state index is 0.0591. The highest BCUT2D eigenvalue weighted by molar-refractivity contribution is 5.97. The molecule has 60 valence electrons. The quantitative estimate of drug-likeness (QED) is 0.528. The van der Waals surface area contributed by atoms with E-state index in [2.05, 4.69) is 4.99 Å². The number of nitrogens with zero attached hydrogens (tertiary/aromatic N) is 1. The second-order valence-electron chi connectivity index (χ2n) is 3.00. The average Bonchev–Trinajstić information content (AvgIpc) is 2.07. The molecule has 0 saturated heterocycles. The number of amides is 1. The first-order chi connectivity index (χ1) is 5.77. The number of rotatable bonds is 0. The van der Waals surface area contributed by atoms with Crippen molar-refractivity contribution in [1.82, 2.24) is 0 Å². The van der Waals surface area contributed by atoms with Crippen LogP contribution in [0.5, 0.6) is 0 Å². The van der Waals surface area contributed by atoms with Crippen LogP contribution >= 0.6 is 0 Å². The predicted molar refractivity (Wildman–Crippen MR) is 48.0 cm³/mol. The van der Waals surface area contributed by atoms with Crippen molar-refractivity contribution in [2.24, 2.45) is 10.9 Å². The highest BCUT2D eigenvalue weighted by Gasteiger charge is 2.22. The summed E-state index contributed by atoms with van der Waals surface area (Å²) in [6.07, 6.45) is 9.38. The van der Waals surface area contributed by atoms with Crippen LogP contribution in [0.1, 0.15) is 6.92 Å². The molecule has 2 rings (SSSR count). The smallest absolute Gasteiger partial charge is 0.257 e. The maximum absolute atomic E-state index is 11.3. The molecule has 0 aromatic rings. The van der Waals surface area contributed by atoms with Crippen molar-refractivity contribution in [1.29, 1.82) is 0 Å². The van der Waals surface area contributed by atoms with Crippen LogP contribution in [-0.4, -0.2) is 12.1 Å². The highest BCUT2D eigenvalue weighted by Crippen LogP contribution is 2.24. The fourth-order valence-corrected chi connectivity index (χ4v) is 1.40. The number of hydrogen-bond acceptors (Lipinski definition) is 1. The zero-order valence-electron chi connectivity index (χ0n) is 6.82. The minimum atomic E-state index is -0.125. The first kappa shape index (κ1) is 7.22. The molecule has 2 aliphatic rings. The van der Waals surface area contributed by atoms with E-state index in [0.29, 0.717) is 0 Å². The molecular weight excluding hydrogens is 150 g/mol. The van der Waals surface area contributed by atoms with E-state index >= 15 is 0 Å². The fraction of sp³-hybridized carbons (Fsp3) is 0.200. The van der Waals surface area contributed by atoms with E-state index in [1.165, 1.54) is 0 Å². The van der Waals surface area contributed by atoms with E-state index in [1.54, 1.807) is 6.21 Å². The number of dihydropyridines is 1. The molecule has 0 N–H and O–H groups in total. The van der Waals surface area contributed by atoms with Gasteiger partial charge < -0.3 is 0 Å². The van der Waals surface area contributed by atoms with Gasteiger partial charge in [0.05, 0.1) is 5.92 Å². The molecule has 0 aromatic carbocycles. The van der Waals surface area contributed by atoms with Crippen molar-refractivity contribution in [2.75, 3.05) is 0 Å². The molecule has 2 heteroatoms. The van der Waals surface area contributed by atoms with Gasteiger partial charge in [-0.2, -0.15) is 0 Å². The van der Waals surface area contributed by atoms with Gasteiger partial charge in [-0.25, -0.2) is 4.99 Å². The van der Waals surface area contributed by atoms with Crippen molar-refractivity contribution in [2.45, 2.75) is 6.92 Å². The standard InChI is InChI=1S/C10H9NO/c1-7-2-3-8-4-5-11-10(12)9(8)6-7/h2-6,9H,1H3. The van der Waals surface area contributed by atoms with E-state index in [9.17, 15) is 4.79 Å². The average molecular weight is 159 g/mol. The van der Waals surface area contributed by atoms with E-state index in [1.807, 2.05) is 31.2 Å². The Kier molecular flexibility index (Phi) is 1.54. The summed E-state index contributed by atoms with van der Waals surface area (Å²) in [7, 11) is 0. The number of allylic oxidation sites excluding steroid dienone is 4. The summed E-state index contributed by atoms with van der Waals surface area (Å²) < 4.78 is 0. The Morgan fingerprint density at radius 2 is 2.25 bits per heavy atom. The lowest BCUT2D eigenvalue weighted by Gasteiger charge is -2.17. The number of fused-ring (bicyclic) bond motifs is 1. The molecule has 0 bridgehead atoms. The summed E-state index contributed by atoms with van der Waals surface area (Å²) in [6.45, 7) is 1.98. The molecule has 0 fully saturated rings. The lowest BCUT2D eigenvalue weighted by Crippen LogP contribution is -2.17. The number of hydrogen-bond donors (Lipinski definition) is 0. The summed E-state index contributed by atoms with van der Waals surface area (Å²) in [4.78, 5) is 15.0. The van der Waals surface area contributed by atoms with Crippen molar-refractivity contribution in [3.05, 3.63) is 35.5 Å². The predicted octanol–water partition coefficient (Wildman–Crippen LogP) is 1.66. The Morgan fingerprint density at radius 1 is 1.42 bits per heavy atom. The summed E-state index contributed by atoms with van der Waals surface area (Å²) in [6, 6.07) is 0. The molecule has 1 atom stereocenters. The van der Waals surface area contributed by atoms with Gasteiger partial charge in [-0.3, -0.25) is 4.79 Å². The normalized spacial score (nSPS) is 26.4. The van der Waals surface area contributed by atoms with Crippen LogP contribution in [0.25, 0.3) is 0 Å². The third-order valence-electron chi connectivity index (χ3n) is 2.06. The summed E-state index contributed by atoms with van der Waals surface area (Å²) >= 11 is 0. The van der Waals surface area contributed by atoms with Gasteiger partial charge in [0.25, 0.3) is 5.91 Å². The topological polar surface area (TPSA) is 29.4 Å². The number of carbonyl (C=O) groups excluding carboxylic acids is 1. The molecular formula is C10H9NO. The zero-order chi connectivity index (χ0) is 8.55. The summed E-state index contributed by atoms with van der Waals surface area (Å²) in [5, 5.41) is 0. The van der Waals surface area contributed by atoms with Crippen molar-refractivity contribution < 1.29 is 4.79 Å². The highest BCUT2D eigenvalue weighted by atomic mass is 16.1. The second kappa shape index (κ2) is 2.55. The Morgan fingerprint density at radius 3 is 3.08 bits per heavy atom. The summed E-state index contributed by atoms with van der Waals surface area (Å²) in [5.74, 6) is -0.184. The SMILES string of the molecule is CC1=CC2C(=O)N=CC=C2C=C1. The van der Waals surface area contributed by atoms with Crippen molar-refractivity contribution >= 4 is 12.1 Å². The second-order valence-corrected chi connectivity index (χ2v) is 3.00. The summed E-state index contributed by atoms with van der Waals surface area (Å²) in [5.41, 5.74) is 2.17. The molecule has 1 heterocycles. The van der Waals surface area contributed by atoms with E-state index in [0.717, 1.165) is 11.1 Å². The first-order valence-corrected chi connectivity index (χ1v) is 3.92. The van der Waals surface area contributed by atoms with Crippen LogP contribution in [0, 0.1) is 5.92 Å². The molecule has 12 heavy (non-hydrogen) atoms. The van der Waals surface area contributed by atoms with Gasteiger partial charge in [0.15, 0.2) is 0 Å². The Balaban J connectivity index is 2.43. The van der Waals surface area contributed by atoms with Crippen LogP contribution in [0.15, 0.2) is 40.4 Å². The maximum atomic E-state index is 11.3. The lowest BCUT2D eigenvalue weighted by molar-refractivity contribution is -0.119. The monoisotopic (exact) mass is 159 g/mol. The first-order valence-electron chi connectivity index (χ1n) is 3.92. The zero-order valence-corrected chi connectivity index (χ0v) is 6.82. The Hall–Kier alpha value is -1.44. The van der Waals surface area contributed by atoms with Crippen LogP contribution in [0.2, 0.25) is 0 Å². The van der Waals surface area contributed by atoms with Gasteiger partial charge in [-0.1, -0.05) is 23.8 Å². The fourth-order valence-electron chi connectivity index (χ4n) is 1.40. The molecule has 1 unspecified atom stereocenters. The van der Waals surface area contributed by atoms with Gasteiger partial charge in [0.1, 0.15) is 0 Å². The van der Waals surface area contributed by atoms with Gasteiger partial charge in [-0.15, -0.1) is 0 Å². The van der Waals surface area contributed by atoms with Gasteiger partial charge >= 0.3 is 0 Å².